The maximum Gasteiger partial charge on any atom is 0.134 e. The lowest BCUT2D eigenvalue weighted by atomic mass is 10.1. The van der Waals surface area contributed by atoms with Crippen molar-refractivity contribution in [1.82, 2.24) is 0 Å². The van der Waals surface area contributed by atoms with Crippen LogP contribution in [0.4, 0.5) is 0 Å². The van der Waals surface area contributed by atoms with Crippen molar-refractivity contribution < 1.29 is 9.84 Å². The number of allylic oxidation sites excluding steroid dienone is 6. The fourth-order valence-electron chi connectivity index (χ4n) is 1.84. The average Bonchev–Trinajstić information content (AvgIpc) is 2.52. The van der Waals surface area contributed by atoms with E-state index in [0.717, 1.165) is 25.7 Å². The number of aliphatic hydroxyl groups is 1. The van der Waals surface area contributed by atoms with Crippen LogP contribution in [0.5, 0.6) is 0 Å². The van der Waals surface area contributed by atoms with E-state index < -0.39 is 0 Å². The first kappa shape index (κ1) is 25.6. The molecule has 0 aromatic heterocycles. The average molecular weight is 348 g/mol. The van der Waals surface area contributed by atoms with Gasteiger partial charge in [0, 0.05) is 0 Å². The van der Waals surface area contributed by atoms with Gasteiger partial charge in [-0.15, -0.1) is 0 Å². The number of rotatable bonds is 10. The number of ether oxygens (including phenoxy) is 1. The van der Waals surface area contributed by atoms with Crippen LogP contribution in [0.3, 0.4) is 0 Å². The molecule has 0 bridgehead atoms. The van der Waals surface area contributed by atoms with Crippen LogP contribution in [0.25, 0.3) is 0 Å². The summed E-state index contributed by atoms with van der Waals surface area (Å²) in [6.07, 6.45) is 12.7. The van der Waals surface area contributed by atoms with Gasteiger partial charge in [-0.3, -0.25) is 0 Å². The number of nitriles is 1. The van der Waals surface area contributed by atoms with E-state index in [-0.39, 0.29) is 13.2 Å². The molecule has 0 radical (unpaired) electrons. The van der Waals surface area contributed by atoms with E-state index in [1.165, 1.54) is 22.3 Å². The predicted molar refractivity (Wildman–Crippen MR) is 108 cm³/mol. The second-order valence-corrected chi connectivity index (χ2v) is 6.60. The topological polar surface area (TPSA) is 53.2 Å². The monoisotopic (exact) mass is 347 g/mol. The molecular formula is C22H37NO2. The molecule has 0 aromatic carbocycles. The van der Waals surface area contributed by atoms with Gasteiger partial charge in [-0.1, -0.05) is 46.6 Å². The van der Waals surface area contributed by atoms with E-state index in [0.29, 0.717) is 6.61 Å². The van der Waals surface area contributed by atoms with Crippen LogP contribution in [-0.4, -0.2) is 24.9 Å². The first-order valence-corrected chi connectivity index (χ1v) is 8.97. The van der Waals surface area contributed by atoms with Crippen LogP contribution in [0.15, 0.2) is 46.6 Å². The zero-order valence-corrected chi connectivity index (χ0v) is 17.1. The summed E-state index contributed by atoms with van der Waals surface area (Å²) in [4.78, 5) is 0. The number of hydrogen-bond donors (Lipinski definition) is 1. The lowest BCUT2D eigenvalue weighted by Crippen LogP contribution is -1.91. The Labute approximate surface area is 155 Å². The van der Waals surface area contributed by atoms with Crippen LogP contribution in [-0.2, 0) is 4.74 Å². The van der Waals surface area contributed by atoms with Crippen LogP contribution < -0.4 is 0 Å². The van der Waals surface area contributed by atoms with E-state index in [1.807, 2.05) is 18.2 Å². The van der Waals surface area contributed by atoms with Crippen LogP contribution in [0.2, 0.25) is 0 Å². The van der Waals surface area contributed by atoms with Crippen LogP contribution in [0.1, 0.15) is 67.2 Å². The second-order valence-electron chi connectivity index (χ2n) is 6.60. The van der Waals surface area contributed by atoms with Crippen molar-refractivity contribution in [2.45, 2.75) is 67.2 Å². The van der Waals surface area contributed by atoms with Gasteiger partial charge < -0.3 is 9.84 Å². The quantitative estimate of drug-likeness (QED) is 0.396. The summed E-state index contributed by atoms with van der Waals surface area (Å²) in [5.41, 5.74) is 5.31. The predicted octanol–water partition coefficient (Wildman–Crippen LogP) is 5.89. The molecule has 0 rings (SSSR count). The van der Waals surface area contributed by atoms with Gasteiger partial charge in [0.1, 0.15) is 6.61 Å². The Morgan fingerprint density at radius 3 is 1.72 bits per heavy atom. The lowest BCUT2D eigenvalue weighted by molar-refractivity contribution is 0.197. The van der Waals surface area contributed by atoms with Gasteiger partial charge in [0.2, 0.25) is 0 Å². The molecule has 3 heteroatoms. The molecule has 0 heterocycles. The summed E-state index contributed by atoms with van der Waals surface area (Å²) in [5.74, 6) is 0. The summed E-state index contributed by atoms with van der Waals surface area (Å²) in [6.45, 7) is 13.5. The second kappa shape index (κ2) is 18.7. The highest BCUT2D eigenvalue weighted by Gasteiger charge is 1.89. The lowest BCUT2D eigenvalue weighted by Gasteiger charge is -1.99. The zero-order chi connectivity index (χ0) is 19.5. The molecule has 0 unspecified atom stereocenters. The first-order chi connectivity index (χ1) is 11.8. The van der Waals surface area contributed by atoms with E-state index in [9.17, 15) is 0 Å². The number of nitrogens with zero attached hydrogens (tertiary/aromatic N) is 1. The Morgan fingerprint density at radius 2 is 1.32 bits per heavy atom. The standard InChI is InChI=1S/C12H19NO.C10H18O/c1-11(2)5-4-6-12(3)7-9-14-10-8-13;1-9(2)5-4-6-10(3)7-8-11/h5,7H,4,6,9-10H2,1-3H3;5,7,11H,4,6,8H2,1-3H3/b12-7+;10-7+. The van der Waals surface area contributed by atoms with Gasteiger partial charge in [0.05, 0.1) is 19.3 Å². The van der Waals surface area contributed by atoms with Crippen molar-refractivity contribution >= 4 is 0 Å². The first-order valence-electron chi connectivity index (χ1n) is 8.97. The zero-order valence-electron chi connectivity index (χ0n) is 17.1. The highest BCUT2D eigenvalue weighted by molar-refractivity contribution is 5.02. The maximum atomic E-state index is 8.55. The third-order valence-corrected chi connectivity index (χ3v) is 3.34. The number of aliphatic hydroxyl groups excluding tert-OH is 1. The summed E-state index contributed by atoms with van der Waals surface area (Å²) in [5, 5.41) is 16.8. The molecule has 1 N–H and O–H groups in total. The van der Waals surface area contributed by atoms with Crippen LogP contribution in [0, 0.1) is 11.3 Å². The molecule has 0 aliphatic carbocycles. The molecular weight excluding hydrogens is 310 g/mol. The minimum Gasteiger partial charge on any atom is -0.392 e. The molecule has 25 heavy (non-hydrogen) atoms. The molecule has 142 valence electrons. The van der Waals surface area contributed by atoms with Gasteiger partial charge in [-0.05, 0) is 67.2 Å². The number of hydrogen-bond acceptors (Lipinski definition) is 3. The molecule has 0 fully saturated rings. The molecule has 0 amide bonds. The van der Waals surface area contributed by atoms with Crippen molar-refractivity contribution in [2.24, 2.45) is 0 Å². The van der Waals surface area contributed by atoms with E-state index >= 15 is 0 Å². The molecule has 0 saturated carbocycles. The molecule has 3 nitrogen and oxygen atoms in total. The van der Waals surface area contributed by atoms with Gasteiger partial charge >= 0.3 is 0 Å². The minimum absolute atomic E-state index is 0.167. The summed E-state index contributed by atoms with van der Waals surface area (Å²) in [6, 6.07) is 1.94. The molecule has 0 saturated heterocycles. The Hall–Kier alpha value is -1.63. The van der Waals surface area contributed by atoms with E-state index in [2.05, 4.69) is 53.7 Å². The normalized spacial score (nSPS) is 11.1. The Balaban J connectivity index is 0. The molecule has 0 atom stereocenters. The SMILES string of the molecule is CC(C)=CCC/C(C)=C/CO.CC(C)=CCC/C(C)=C/COCC#N. The minimum atomic E-state index is 0.167. The third kappa shape index (κ3) is 24.7. The molecule has 0 spiro atoms. The van der Waals surface area contributed by atoms with Crippen LogP contribution >= 0.6 is 0 Å². The van der Waals surface area contributed by atoms with Gasteiger partial charge in [0.15, 0.2) is 0 Å². The van der Waals surface area contributed by atoms with Gasteiger partial charge in [-0.2, -0.15) is 5.26 Å². The molecule has 0 aliphatic rings. The summed E-state index contributed by atoms with van der Waals surface area (Å²) < 4.78 is 5.03. The highest BCUT2D eigenvalue weighted by Crippen LogP contribution is 2.06. The van der Waals surface area contributed by atoms with E-state index in [1.54, 1.807) is 0 Å². The van der Waals surface area contributed by atoms with E-state index in [4.69, 9.17) is 15.1 Å². The van der Waals surface area contributed by atoms with Gasteiger partial charge in [0.25, 0.3) is 0 Å². The third-order valence-electron chi connectivity index (χ3n) is 3.34. The Bertz CT molecular complexity index is 483. The fraction of sp³-hybridized carbons (Fsp3) is 0.591. The Morgan fingerprint density at radius 1 is 0.840 bits per heavy atom. The van der Waals surface area contributed by atoms with Gasteiger partial charge in [-0.25, -0.2) is 0 Å². The van der Waals surface area contributed by atoms with Crippen molar-refractivity contribution in [3.63, 3.8) is 0 Å². The van der Waals surface area contributed by atoms with Crippen molar-refractivity contribution in [3.05, 3.63) is 46.6 Å². The highest BCUT2D eigenvalue weighted by atomic mass is 16.5. The maximum absolute atomic E-state index is 8.55. The fourth-order valence-corrected chi connectivity index (χ4v) is 1.84. The summed E-state index contributed by atoms with van der Waals surface area (Å²) in [7, 11) is 0. The smallest absolute Gasteiger partial charge is 0.134 e. The largest absolute Gasteiger partial charge is 0.392 e. The van der Waals surface area contributed by atoms with Crippen molar-refractivity contribution in [1.29, 1.82) is 5.26 Å². The molecule has 0 aliphatic heterocycles. The van der Waals surface area contributed by atoms with Crippen molar-refractivity contribution in [3.8, 4) is 6.07 Å². The molecule has 0 aromatic rings. The Kier molecular flexibility index (Phi) is 19.2. The summed E-state index contributed by atoms with van der Waals surface area (Å²) >= 11 is 0. The van der Waals surface area contributed by atoms with Crippen molar-refractivity contribution in [2.75, 3.05) is 19.8 Å².